The van der Waals surface area contributed by atoms with Gasteiger partial charge in [0, 0.05) is 5.56 Å². The molecule has 0 radical (unpaired) electrons. The maximum absolute atomic E-state index is 15.0. The Balaban J connectivity index is 1.30. The van der Waals surface area contributed by atoms with Gasteiger partial charge in [0.1, 0.15) is 5.75 Å². The number of unbranched alkanes of at least 4 members (excludes halogenated alkanes) is 1. The van der Waals surface area contributed by atoms with Crippen LogP contribution in [0.4, 0.5) is 13.2 Å². The van der Waals surface area contributed by atoms with Crippen molar-refractivity contribution < 1.29 is 23.0 Å². The van der Waals surface area contributed by atoms with Gasteiger partial charge in [0.15, 0.2) is 23.2 Å². The molecule has 1 fully saturated rings. The highest BCUT2D eigenvalue weighted by molar-refractivity contribution is 5.65. The number of allylic oxidation sites excluding steroid dienone is 1. The molecule has 1 aliphatic rings. The molecule has 0 spiro atoms. The minimum Gasteiger partial charge on any atom is -0.508 e. The lowest BCUT2D eigenvalue weighted by molar-refractivity contribution is 0.295. The van der Waals surface area contributed by atoms with Crippen molar-refractivity contribution in [1.82, 2.24) is 0 Å². The number of hydrogen-bond acceptors (Lipinski definition) is 2. The van der Waals surface area contributed by atoms with Crippen LogP contribution in [0.3, 0.4) is 0 Å². The van der Waals surface area contributed by atoms with Gasteiger partial charge < -0.3 is 9.84 Å². The molecule has 0 saturated heterocycles. The molecule has 0 unspecified atom stereocenters. The summed E-state index contributed by atoms with van der Waals surface area (Å²) in [6.45, 7) is 4.14. The van der Waals surface area contributed by atoms with E-state index in [9.17, 15) is 18.3 Å². The fourth-order valence-corrected chi connectivity index (χ4v) is 5.10. The number of aromatic hydroxyl groups is 1. The Labute approximate surface area is 211 Å². The zero-order valence-corrected chi connectivity index (χ0v) is 20.5. The zero-order chi connectivity index (χ0) is 25.5. The second kappa shape index (κ2) is 12.2. The summed E-state index contributed by atoms with van der Waals surface area (Å²) in [7, 11) is 0. The minimum atomic E-state index is -0.838. The van der Waals surface area contributed by atoms with E-state index in [1.807, 2.05) is 12.1 Å². The van der Waals surface area contributed by atoms with Crippen LogP contribution in [-0.4, -0.2) is 11.7 Å². The lowest BCUT2D eigenvalue weighted by Crippen LogP contribution is -2.15. The van der Waals surface area contributed by atoms with Crippen LogP contribution in [-0.2, 0) is 6.42 Å². The van der Waals surface area contributed by atoms with Gasteiger partial charge in [-0.2, -0.15) is 0 Å². The lowest BCUT2D eigenvalue weighted by Gasteiger charge is -2.29. The molecule has 0 bridgehead atoms. The first-order chi connectivity index (χ1) is 17.5. The normalized spacial score (nSPS) is 17.6. The van der Waals surface area contributed by atoms with Gasteiger partial charge in [0.25, 0.3) is 0 Å². The number of halogens is 3. The molecular weight excluding hydrogens is 461 g/mol. The number of benzene rings is 3. The smallest absolute Gasteiger partial charge is 0.166 e. The van der Waals surface area contributed by atoms with Crippen LogP contribution in [0.25, 0.3) is 11.1 Å². The number of phenolic OH excluding ortho intramolecular Hbond substituents is 1. The van der Waals surface area contributed by atoms with Crippen molar-refractivity contribution in [2.75, 3.05) is 6.61 Å². The first kappa shape index (κ1) is 25.9. The number of phenols is 1. The number of aryl methyl sites for hydroxylation is 1. The monoisotopic (exact) mass is 494 g/mol. The molecule has 3 aromatic rings. The predicted octanol–water partition coefficient (Wildman–Crippen LogP) is 8.73. The molecule has 190 valence electrons. The molecule has 0 amide bonds. The molecule has 0 aromatic heterocycles. The van der Waals surface area contributed by atoms with Crippen molar-refractivity contribution in [3.05, 3.63) is 95.8 Å². The molecule has 1 aliphatic carbocycles. The minimum absolute atomic E-state index is 0.000385. The highest BCUT2D eigenvalue weighted by Gasteiger charge is 2.26. The Morgan fingerprint density at radius 2 is 1.67 bits per heavy atom. The van der Waals surface area contributed by atoms with E-state index in [2.05, 4.69) is 6.58 Å². The van der Waals surface area contributed by atoms with E-state index in [-0.39, 0.29) is 28.8 Å². The van der Waals surface area contributed by atoms with E-state index < -0.39 is 11.6 Å². The van der Waals surface area contributed by atoms with Gasteiger partial charge in [-0.1, -0.05) is 36.4 Å². The highest BCUT2D eigenvalue weighted by atomic mass is 19.2. The molecule has 5 heteroatoms. The summed E-state index contributed by atoms with van der Waals surface area (Å²) in [5.74, 6) is -1.08. The Morgan fingerprint density at radius 3 is 2.36 bits per heavy atom. The molecule has 1 N–H and O–H groups in total. The van der Waals surface area contributed by atoms with Crippen LogP contribution in [0.5, 0.6) is 11.5 Å². The van der Waals surface area contributed by atoms with Gasteiger partial charge in [0.05, 0.1) is 6.61 Å². The fraction of sp³-hybridized carbons (Fsp3) is 0.355. The standard InChI is InChI=1S/C31H33F3O2/c1-2-3-4-19-36-29-18-9-22(20-28(29)32)6-5-21-7-10-23(11-8-21)26-16-17-27(31(34)30(26)33)24-12-14-25(35)15-13-24/h2,9,12-18,20-21,23,35H,1,3-8,10-11,19H2. The van der Waals surface area contributed by atoms with Crippen molar-refractivity contribution in [3.8, 4) is 22.6 Å². The highest BCUT2D eigenvalue weighted by Crippen LogP contribution is 2.40. The van der Waals surface area contributed by atoms with Gasteiger partial charge in [-0.15, -0.1) is 6.58 Å². The average Bonchev–Trinajstić information content (AvgIpc) is 2.89. The molecule has 0 atom stereocenters. The van der Waals surface area contributed by atoms with Crippen molar-refractivity contribution >= 4 is 0 Å². The summed E-state index contributed by atoms with van der Waals surface area (Å²) in [6.07, 6.45) is 8.71. The number of hydrogen-bond donors (Lipinski definition) is 1. The molecule has 36 heavy (non-hydrogen) atoms. The van der Waals surface area contributed by atoms with Crippen molar-refractivity contribution in [1.29, 1.82) is 0 Å². The Bertz CT molecular complexity index is 1170. The van der Waals surface area contributed by atoms with E-state index in [0.29, 0.717) is 23.7 Å². The van der Waals surface area contributed by atoms with E-state index in [4.69, 9.17) is 4.74 Å². The second-order valence-corrected chi connectivity index (χ2v) is 9.68. The summed E-state index contributed by atoms with van der Waals surface area (Å²) in [6, 6.07) is 14.6. The summed E-state index contributed by atoms with van der Waals surface area (Å²) in [5.41, 5.74) is 2.12. The fourth-order valence-electron chi connectivity index (χ4n) is 5.10. The first-order valence-corrected chi connectivity index (χ1v) is 12.8. The summed E-state index contributed by atoms with van der Waals surface area (Å²) in [5, 5.41) is 9.44. The first-order valence-electron chi connectivity index (χ1n) is 12.8. The Kier molecular flexibility index (Phi) is 8.74. The zero-order valence-electron chi connectivity index (χ0n) is 20.5. The predicted molar refractivity (Wildman–Crippen MR) is 138 cm³/mol. The molecule has 0 heterocycles. The maximum Gasteiger partial charge on any atom is 0.166 e. The van der Waals surface area contributed by atoms with Crippen LogP contribution >= 0.6 is 0 Å². The van der Waals surface area contributed by atoms with Crippen LogP contribution in [0.2, 0.25) is 0 Å². The molecule has 3 aromatic carbocycles. The largest absolute Gasteiger partial charge is 0.508 e. The topological polar surface area (TPSA) is 29.5 Å². The summed E-state index contributed by atoms with van der Waals surface area (Å²) >= 11 is 0. The van der Waals surface area contributed by atoms with Crippen LogP contribution in [0, 0.1) is 23.4 Å². The van der Waals surface area contributed by atoms with Crippen LogP contribution < -0.4 is 4.74 Å². The third-order valence-corrected chi connectivity index (χ3v) is 7.22. The van der Waals surface area contributed by atoms with Crippen molar-refractivity contribution in [2.45, 2.75) is 57.3 Å². The number of rotatable bonds is 10. The second-order valence-electron chi connectivity index (χ2n) is 9.68. The molecule has 1 saturated carbocycles. The van der Waals surface area contributed by atoms with Gasteiger partial charge >= 0.3 is 0 Å². The lowest BCUT2D eigenvalue weighted by atomic mass is 9.76. The van der Waals surface area contributed by atoms with Gasteiger partial charge in [-0.05, 0) is 104 Å². The summed E-state index contributed by atoms with van der Waals surface area (Å²) < 4.78 is 49.7. The van der Waals surface area contributed by atoms with Gasteiger partial charge in [-0.3, -0.25) is 0 Å². The van der Waals surface area contributed by atoms with Crippen LogP contribution in [0.1, 0.15) is 62.0 Å². The SMILES string of the molecule is C=CCCCOc1ccc(CCC2CCC(c3ccc(-c4ccc(O)cc4)c(F)c3F)CC2)cc1F. The van der Waals surface area contributed by atoms with E-state index in [0.717, 1.165) is 56.9 Å². The molecule has 0 aliphatic heterocycles. The van der Waals surface area contributed by atoms with Crippen molar-refractivity contribution in [2.24, 2.45) is 5.92 Å². The average molecular weight is 495 g/mol. The Hall–Kier alpha value is -3.21. The quantitative estimate of drug-likeness (QED) is 0.226. The van der Waals surface area contributed by atoms with Crippen molar-refractivity contribution in [3.63, 3.8) is 0 Å². The molecule has 2 nitrogen and oxygen atoms in total. The van der Waals surface area contributed by atoms with E-state index >= 15 is 0 Å². The number of ether oxygens (including phenoxy) is 1. The van der Waals surface area contributed by atoms with Gasteiger partial charge in [0.2, 0.25) is 0 Å². The molecular formula is C31H33F3O2. The third kappa shape index (κ3) is 6.31. The maximum atomic E-state index is 15.0. The van der Waals surface area contributed by atoms with E-state index in [1.165, 1.54) is 12.1 Å². The van der Waals surface area contributed by atoms with E-state index in [1.54, 1.807) is 36.4 Å². The Morgan fingerprint density at radius 1 is 0.917 bits per heavy atom. The van der Waals surface area contributed by atoms with Crippen LogP contribution in [0.15, 0.2) is 67.3 Å². The van der Waals surface area contributed by atoms with Gasteiger partial charge in [-0.25, -0.2) is 13.2 Å². The third-order valence-electron chi connectivity index (χ3n) is 7.22. The summed E-state index contributed by atoms with van der Waals surface area (Å²) in [4.78, 5) is 0. The molecule has 4 rings (SSSR count).